The molecule has 0 aliphatic carbocycles. The Morgan fingerprint density at radius 1 is 1.19 bits per heavy atom. The summed E-state index contributed by atoms with van der Waals surface area (Å²) in [5.41, 5.74) is 4.45. The van der Waals surface area contributed by atoms with Crippen LogP contribution in [0.4, 0.5) is 5.69 Å². The summed E-state index contributed by atoms with van der Waals surface area (Å²) in [4.78, 5) is 12.3. The van der Waals surface area contributed by atoms with Crippen molar-refractivity contribution in [1.82, 2.24) is 9.78 Å². The van der Waals surface area contributed by atoms with E-state index in [-0.39, 0.29) is 11.7 Å². The van der Waals surface area contributed by atoms with E-state index >= 15 is 0 Å². The number of carbonyl (C=O) groups is 1. The average molecular weight is 368 g/mol. The highest BCUT2D eigenvalue weighted by Crippen LogP contribution is 2.23. The molecule has 0 aliphatic rings. The van der Waals surface area contributed by atoms with Crippen molar-refractivity contribution in [2.75, 3.05) is 11.1 Å². The number of nitrogens with one attached hydrogen (secondary N) is 1. The lowest BCUT2D eigenvalue weighted by Crippen LogP contribution is -2.28. The molecular formula is C19H20N4O2S. The van der Waals surface area contributed by atoms with Gasteiger partial charge < -0.3 is 10.5 Å². The van der Waals surface area contributed by atoms with E-state index in [2.05, 4.69) is 10.4 Å². The predicted molar refractivity (Wildman–Crippen MR) is 103 cm³/mol. The first-order valence-corrected chi connectivity index (χ1v) is 9.18. The first-order valence-electron chi connectivity index (χ1n) is 8.20. The number of benzene rings is 1. The number of nitrogens with zero attached hydrogens (tertiary/aromatic N) is 3. The molecule has 1 amide bonds. The summed E-state index contributed by atoms with van der Waals surface area (Å²) >= 11 is 1.20. The molecule has 0 saturated carbocycles. The molecule has 6 nitrogen and oxygen atoms in total. The van der Waals surface area contributed by atoms with Gasteiger partial charge in [0.15, 0.2) is 6.20 Å². The maximum Gasteiger partial charge on any atom is 0.251 e. The quantitative estimate of drug-likeness (QED) is 0.426. The predicted octanol–water partition coefficient (Wildman–Crippen LogP) is 3.16. The fraction of sp³-hybridized carbons (Fsp3) is 0.211. The Bertz CT molecular complexity index is 935. The summed E-state index contributed by atoms with van der Waals surface area (Å²) in [7, 11) is 0. The topological polar surface area (TPSA) is 73.9 Å². The normalized spacial score (nSPS) is 10.7. The Balaban J connectivity index is 1.72. The molecule has 0 atom stereocenters. The van der Waals surface area contributed by atoms with Gasteiger partial charge >= 0.3 is 0 Å². The van der Waals surface area contributed by atoms with Crippen LogP contribution < -0.4 is 10.0 Å². The van der Waals surface area contributed by atoms with Crippen LogP contribution in [0, 0.1) is 26.0 Å². The molecule has 0 unspecified atom stereocenters. The van der Waals surface area contributed by atoms with E-state index < -0.39 is 0 Å². The number of hydrogen-bond donors (Lipinski definition) is 1. The highest BCUT2D eigenvalue weighted by molar-refractivity contribution is 7.99. The summed E-state index contributed by atoms with van der Waals surface area (Å²) in [5, 5.41) is 19.6. The van der Waals surface area contributed by atoms with Crippen molar-refractivity contribution in [1.29, 1.82) is 0 Å². The van der Waals surface area contributed by atoms with Gasteiger partial charge in [0, 0.05) is 12.1 Å². The van der Waals surface area contributed by atoms with Gasteiger partial charge in [0.1, 0.15) is 0 Å². The van der Waals surface area contributed by atoms with Gasteiger partial charge in [0.05, 0.1) is 28.5 Å². The minimum Gasteiger partial charge on any atom is -0.618 e. The summed E-state index contributed by atoms with van der Waals surface area (Å²) in [5.74, 6) is -0.0191. The van der Waals surface area contributed by atoms with Gasteiger partial charge in [-0.2, -0.15) is 9.83 Å². The smallest absolute Gasteiger partial charge is 0.251 e. The van der Waals surface area contributed by atoms with E-state index in [1.54, 1.807) is 18.2 Å². The highest BCUT2D eigenvalue weighted by atomic mass is 32.2. The minimum absolute atomic E-state index is 0.154. The van der Waals surface area contributed by atoms with Gasteiger partial charge in [-0.1, -0.05) is 17.7 Å². The van der Waals surface area contributed by atoms with Crippen molar-refractivity contribution in [2.45, 2.75) is 25.8 Å². The maximum absolute atomic E-state index is 12.3. The Morgan fingerprint density at radius 3 is 2.62 bits per heavy atom. The van der Waals surface area contributed by atoms with Crippen molar-refractivity contribution in [3.63, 3.8) is 0 Å². The number of thioether (sulfide) groups is 1. The maximum atomic E-state index is 12.3. The van der Waals surface area contributed by atoms with E-state index in [4.69, 9.17) is 0 Å². The van der Waals surface area contributed by atoms with Crippen LogP contribution in [0.1, 0.15) is 17.0 Å². The zero-order chi connectivity index (χ0) is 18.7. The molecule has 134 valence electrons. The molecule has 1 aromatic carbocycles. The molecule has 3 rings (SSSR count). The van der Waals surface area contributed by atoms with Crippen LogP contribution in [0.15, 0.2) is 53.7 Å². The second-order valence-corrected chi connectivity index (χ2v) is 6.99. The van der Waals surface area contributed by atoms with E-state index in [1.807, 2.05) is 49.7 Å². The molecular weight excluding hydrogens is 348 g/mol. The van der Waals surface area contributed by atoms with Gasteiger partial charge in [0.2, 0.25) is 5.91 Å². The molecule has 26 heavy (non-hydrogen) atoms. The summed E-state index contributed by atoms with van der Waals surface area (Å²) in [6, 6.07) is 13.2. The number of rotatable bonds is 5. The number of hydrogen-bond acceptors (Lipinski definition) is 4. The fourth-order valence-corrected chi connectivity index (χ4v) is 3.31. The second-order valence-electron chi connectivity index (χ2n) is 5.99. The third-order valence-corrected chi connectivity index (χ3v) is 4.99. The van der Waals surface area contributed by atoms with Crippen LogP contribution in [-0.2, 0) is 4.79 Å². The molecule has 2 aromatic heterocycles. The van der Waals surface area contributed by atoms with Crippen molar-refractivity contribution < 1.29 is 9.52 Å². The van der Waals surface area contributed by atoms with E-state index in [0.717, 1.165) is 21.8 Å². The molecule has 2 heterocycles. The summed E-state index contributed by atoms with van der Waals surface area (Å²) in [6.07, 6.45) is 1.42. The van der Waals surface area contributed by atoms with Gasteiger partial charge in [-0.15, -0.1) is 0 Å². The molecule has 7 heteroatoms. The van der Waals surface area contributed by atoms with Gasteiger partial charge in [-0.3, -0.25) is 4.79 Å². The molecule has 0 radical (unpaired) electrons. The van der Waals surface area contributed by atoms with Crippen molar-refractivity contribution in [3.8, 4) is 5.69 Å². The van der Waals surface area contributed by atoms with Crippen LogP contribution in [0.25, 0.3) is 5.69 Å². The van der Waals surface area contributed by atoms with Crippen molar-refractivity contribution >= 4 is 23.4 Å². The largest absolute Gasteiger partial charge is 0.618 e. The molecule has 0 aliphatic heterocycles. The molecule has 0 saturated heterocycles. The van der Waals surface area contributed by atoms with Gasteiger partial charge in [-0.05, 0) is 50.7 Å². The average Bonchev–Trinajstić information content (AvgIpc) is 2.90. The first kappa shape index (κ1) is 18.0. The van der Waals surface area contributed by atoms with E-state index in [1.165, 1.54) is 23.5 Å². The number of aryl methyl sites for hydroxylation is 2. The standard InChI is InChI=1S/C19H20N4O2S/c1-13-7-9-16(10-8-13)23-15(3)19(14(2)21-23)20-17(24)12-26-18-6-4-5-11-22(18)25/h4-11H,12H2,1-3H3,(H,20,24). The van der Waals surface area contributed by atoms with Crippen molar-refractivity contribution in [3.05, 3.63) is 70.8 Å². The molecule has 1 N–H and O–H groups in total. The Morgan fingerprint density at radius 2 is 1.92 bits per heavy atom. The Hall–Kier alpha value is -2.80. The summed E-state index contributed by atoms with van der Waals surface area (Å²) < 4.78 is 2.57. The summed E-state index contributed by atoms with van der Waals surface area (Å²) in [6.45, 7) is 5.82. The van der Waals surface area contributed by atoms with Crippen LogP contribution in [0.2, 0.25) is 0 Å². The number of aromatic nitrogens is 3. The van der Waals surface area contributed by atoms with Crippen LogP contribution in [0.3, 0.4) is 0 Å². The molecule has 0 fully saturated rings. The lowest BCUT2D eigenvalue weighted by molar-refractivity contribution is -0.645. The number of anilines is 1. The Kier molecular flexibility index (Phi) is 5.27. The number of carbonyl (C=O) groups excluding carboxylic acids is 1. The highest BCUT2D eigenvalue weighted by Gasteiger charge is 2.16. The van der Waals surface area contributed by atoms with Gasteiger partial charge in [-0.25, -0.2) is 4.68 Å². The Labute approximate surface area is 156 Å². The zero-order valence-electron chi connectivity index (χ0n) is 14.9. The van der Waals surface area contributed by atoms with Crippen molar-refractivity contribution in [2.24, 2.45) is 0 Å². The third kappa shape index (κ3) is 3.88. The lowest BCUT2D eigenvalue weighted by Gasteiger charge is -2.07. The minimum atomic E-state index is -0.173. The van der Waals surface area contributed by atoms with E-state index in [9.17, 15) is 10.0 Å². The van der Waals surface area contributed by atoms with Gasteiger partial charge in [0.25, 0.3) is 5.03 Å². The van der Waals surface area contributed by atoms with E-state index in [0.29, 0.717) is 10.7 Å². The monoisotopic (exact) mass is 368 g/mol. The number of pyridine rings is 1. The fourth-order valence-electron chi connectivity index (χ4n) is 2.60. The SMILES string of the molecule is Cc1ccc(-n2nc(C)c(NC(=O)CSc3cccc[n+]3[O-])c2C)cc1. The number of amides is 1. The first-order chi connectivity index (χ1) is 12.5. The molecule has 0 bridgehead atoms. The molecule has 3 aromatic rings. The lowest BCUT2D eigenvalue weighted by atomic mass is 10.2. The zero-order valence-corrected chi connectivity index (χ0v) is 15.7. The van der Waals surface area contributed by atoms with Crippen LogP contribution in [0.5, 0.6) is 0 Å². The third-order valence-electron chi connectivity index (χ3n) is 3.97. The van der Waals surface area contributed by atoms with Crippen LogP contribution in [-0.4, -0.2) is 21.4 Å². The van der Waals surface area contributed by atoms with Crippen LogP contribution >= 0.6 is 11.8 Å². The second kappa shape index (κ2) is 7.61. The molecule has 0 spiro atoms.